The number of aliphatic carboxylic acids is 1. The van der Waals surface area contributed by atoms with Gasteiger partial charge in [-0.15, -0.1) is 0 Å². The van der Waals surface area contributed by atoms with Crippen LogP contribution in [0.15, 0.2) is 42.5 Å². The number of hydrogen-bond donors (Lipinski definition) is 1. The average Bonchev–Trinajstić information content (AvgIpc) is 2.54. The molecular formula is C18H20FNO4. The monoisotopic (exact) mass is 333 g/mol. The Morgan fingerprint density at radius 3 is 2.54 bits per heavy atom. The smallest absolute Gasteiger partial charge is 0.317 e. The summed E-state index contributed by atoms with van der Waals surface area (Å²) in [6.45, 7) is 0.336. The van der Waals surface area contributed by atoms with E-state index in [9.17, 15) is 9.18 Å². The molecule has 5 nitrogen and oxygen atoms in total. The van der Waals surface area contributed by atoms with Gasteiger partial charge in [0, 0.05) is 17.7 Å². The molecule has 0 atom stereocenters. The van der Waals surface area contributed by atoms with Crippen molar-refractivity contribution in [2.75, 3.05) is 20.7 Å². The zero-order valence-electron chi connectivity index (χ0n) is 13.7. The average molecular weight is 333 g/mol. The van der Waals surface area contributed by atoms with Crippen LogP contribution in [0.2, 0.25) is 0 Å². The Morgan fingerprint density at radius 1 is 1.17 bits per heavy atom. The number of methoxy groups -OCH3 is 1. The number of ether oxygens (including phenoxy) is 2. The Kier molecular flexibility index (Phi) is 6.14. The Labute approximate surface area is 140 Å². The van der Waals surface area contributed by atoms with Gasteiger partial charge in [0.1, 0.15) is 12.4 Å². The van der Waals surface area contributed by atoms with E-state index < -0.39 is 5.97 Å². The first-order chi connectivity index (χ1) is 11.5. The molecule has 24 heavy (non-hydrogen) atoms. The van der Waals surface area contributed by atoms with Crippen molar-refractivity contribution >= 4 is 5.97 Å². The molecule has 2 aromatic carbocycles. The highest BCUT2D eigenvalue weighted by Crippen LogP contribution is 2.32. The fraction of sp³-hybridized carbons (Fsp3) is 0.278. The number of carbonyl (C=O) groups is 1. The third kappa shape index (κ3) is 4.70. The second-order valence-electron chi connectivity index (χ2n) is 5.39. The van der Waals surface area contributed by atoms with Gasteiger partial charge >= 0.3 is 5.97 Å². The Balaban J connectivity index is 2.20. The molecule has 0 aromatic heterocycles. The standard InChI is InChI=1S/C18H20FNO4/c1-20(11-17(21)22)10-13-7-5-9-16(23-2)18(13)24-12-14-6-3-4-8-15(14)19/h3-9H,10-12H2,1-2H3,(H,21,22). The van der Waals surface area contributed by atoms with Gasteiger partial charge < -0.3 is 14.6 Å². The van der Waals surface area contributed by atoms with Gasteiger partial charge in [-0.1, -0.05) is 30.3 Å². The van der Waals surface area contributed by atoms with Crippen molar-refractivity contribution in [3.8, 4) is 11.5 Å². The molecular weight excluding hydrogens is 313 g/mol. The van der Waals surface area contributed by atoms with Crippen molar-refractivity contribution in [1.82, 2.24) is 4.90 Å². The van der Waals surface area contributed by atoms with Crippen molar-refractivity contribution in [3.05, 3.63) is 59.4 Å². The van der Waals surface area contributed by atoms with E-state index in [2.05, 4.69) is 0 Å². The summed E-state index contributed by atoms with van der Waals surface area (Å²) in [6, 6.07) is 11.8. The molecule has 0 heterocycles. The predicted octanol–water partition coefficient (Wildman–Crippen LogP) is 2.93. The van der Waals surface area contributed by atoms with Gasteiger partial charge in [0.15, 0.2) is 11.5 Å². The summed E-state index contributed by atoms with van der Waals surface area (Å²) in [5.41, 5.74) is 1.21. The van der Waals surface area contributed by atoms with Gasteiger partial charge in [0.25, 0.3) is 0 Å². The minimum atomic E-state index is -0.908. The summed E-state index contributed by atoms with van der Waals surface area (Å²) in [5.74, 6) is -0.237. The third-order valence-electron chi connectivity index (χ3n) is 3.46. The summed E-state index contributed by atoms with van der Waals surface area (Å²) in [5, 5.41) is 8.88. The maximum Gasteiger partial charge on any atom is 0.317 e. The van der Waals surface area contributed by atoms with Crippen molar-refractivity contribution in [2.45, 2.75) is 13.2 Å². The summed E-state index contributed by atoms with van der Waals surface area (Å²) >= 11 is 0. The van der Waals surface area contributed by atoms with Crippen molar-refractivity contribution in [3.63, 3.8) is 0 Å². The van der Waals surface area contributed by atoms with E-state index in [-0.39, 0.29) is 19.0 Å². The van der Waals surface area contributed by atoms with Crippen molar-refractivity contribution < 1.29 is 23.8 Å². The van der Waals surface area contributed by atoms with Gasteiger partial charge in [0.2, 0.25) is 0 Å². The number of para-hydroxylation sites is 1. The van der Waals surface area contributed by atoms with Crippen LogP contribution in [-0.2, 0) is 17.9 Å². The van der Waals surface area contributed by atoms with Crippen LogP contribution >= 0.6 is 0 Å². The molecule has 6 heteroatoms. The second-order valence-corrected chi connectivity index (χ2v) is 5.39. The molecule has 0 unspecified atom stereocenters. The van der Waals surface area contributed by atoms with E-state index in [0.717, 1.165) is 5.56 Å². The van der Waals surface area contributed by atoms with Gasteiger partial charge in [-0.05, 0) is 19.2 Å². The normalized spacial score (nSPS) is 10.7. The molecule has 0 saturated heterocycles. The van der Waals surface area contributed by atoms with E-state index in [1.165, 1.54) is 13.2 Å². The van der Waals surface area contributed by atoms with Crippen LogP contribution in [0, 0.1) is 5.82 Å². The molecule has 0 aliphatic heterocycles. The molecule has 128 valence electrons. The number of rotatable bonds is 8. The first-order valence-corrected chi connectivity index (χ1v) is 7.43. The summed E-state index contributed by atoms with van der Waals surface area (Å²) in [7, 11) is 3.23. The zero-order chi connectivity index (χ0) is 17.5. The molecule has 0 bridgehead atoms. The molecule has 0 saturated carbocycles. The van der Waals surface area contributed by atoms with Crippen LogP contribution in [0.25, 0.3) is 0 Å². The van der Waals surface area contributed by atoms with E-state index in [1.54, 1.807) is 42.3 Å². The van der Waals surface area contributed by atoms with Gasteiger partial charge in [-0.2, -0.15) is 0 Å². The van der Waals surface area contributed by atoms with E-state index in [1.807, 2.05) is 6.07 Å². The molecule has 0 aliphatic rings. The number of likely N-dealkylation sites (N-methyl/N-ethyl adjacent to an activating group) is 1. The van der Waals surface area contributed by atoms with Crippen LogP contribution in [0.1, 0.15) is 11.1 Å². The number of halogens is 1. The Bertz CT molecular complexity index is 705. The van der Waals surface area contributed by atoms with Crippen LogP contribution in [0.5, 0.6) is 11.5 Å². The lowest BCUT2D eigenvalue weighted by molar-refractivity contribution is -0.138. The van der Waals surface area contributed by atoms with Crippen LogP contribution in [0.4, 0.5) is 4.39 Å². The lowest BCUT2D eigenvalue weighted by atomic mass is 10.1. The molecule has 0 radical (unpaired) electrons. The molecule has 0 aliphatic carbocycles. The summed E-state index contributed by atoms with van der Waals surface area (Å²) in [6.07, 6.45) is 0. The maximum absolute atomic E-state index is 13.7. The highest BCUT2D eigenvalue weighted by molar-refractivity contribution is 5.69. The van der Waals surface area contributed by atoms with Gasteiger partial charge in [-0.25, -0.2) is 4.39 Å². The van der Waals surface area contributed by atoms with Crippen LogP contribution in [-0.4, -0.2) is 36.7 Å². The van der Waals surface area contributed by atoms with E-state index in [4.69, 9.17) is 14.6 Å². The third-order valence-corrected chi connectivity index (χ3v) is 3.46. The quantitative estimate of drug-likeness (QED) is 0.805. The molecule has 2 rings (SSSR count). The second kappa shape index (κ2) is 8.31. The Hall–Kier alpha value is -2.60. The molecule has 1 N–H and O–H groups in total. The van der Waals surface area contributed by atoms with Crippen molar-refractivity contribution in [1.29, 1.82) is 0 Å². The van der Waals surface area contributed by atoms with E-state index in [0.29, 0.717) is 23.6 Å². The molecule has 2 aromatic rings. The SMILES string of the molecule is COc1cccc(CN(C)CC(=O)O)c1OCc1ccccc1F. The first-order valence-electron chi connectivity index (χ1n) is 7.43. The lowest BCUT2D eigenvalue weighted by Gasteiger charge is -2.19. The fourth-order valence-corrected chi connectivity index (χ4v) is 2.35. The van der Waals surface area contributed by atoms with Crippen LogP contribution < -0.4 is 9.47 Å². The van der Waals surface area contributed by atoms with Crippen molar-refractivity contribution in [2.24, 2.45) is 0 Å². The van der Waals surface area contributed by atoms with Gasteiger partial charge in [0.05, 0.1) is 13.7 Å². The zero-order valence-corrected chi connectivity index (χ0v) is 13.7. The molecule has 0 fully saturated rings. The minimum absolute atomic E-state index is 0.0582. The van der Waals surface area contributed by atoms with Crippen LogP contribution in [0.3, 0.4) is 0 Å². The Morgan fingerprint density at radius 2 is 1.88 bits per heavy atom. The number of hydrogen-bond acceptors (Lipinski definition) is 4. The first kappa shape index (κ1) is 17.7. The summed E-state index contributed by atoms with van der Waals surface area (Å²) < 4.78 is 24.9. The summed E-state index contributed by atoms with van der Waals surface area (Å²) in [4.78, 5) is 12.5. The topological polar surface area (TPSA) is 59.0 Å². The highest BCUT2D eigenvalue weighted by Gasteiger charge is 2.14. The fourth-order valence-electron chi connectivity index (χ4n) is 2.35. The largest absolute Gasteiger partial charge is 0.493 e. The highest BCUT2D eigenvalue weighted by atomic mass is 19.1. The van der Waals surface area contributed by atoms with Gasteiger partial charge in [-0.3, -0.25) is 9.69 Å². The predicted molar refractivity (Wildman–Crippen MR) is 87.7 cm³/mol. The number of carboxylic acids is 1. The molecule has 0 amide bonds. The number of benzene rings is 2. The number of nitrogens with zero attached hydrogens (tertiary/aromatic N) is 1. The lowest BCUT2D eigenvalue weighted by Crippen LogP contribution is -2.25. The number of carboxylic acid groups (broad SMARTS) is 1. The maximum atomic E-state index is 13.7. The molecule has 0 spiro atoms. The van der Waals surface area contributed by atoms with E-state index >= 15 is 0 Å². The minimum Gasteiger partial charge on any atom is -0.493 e.